The molecule has 1 aliphatic heterocycles. The first-order valence-electron chi connectivity index (χ1n) is 7.09. The molecule has 3 rings (SSSR count). The number of rotatable bonds is 2. The molecule has 3 nitrogen and oxygen atoms in total. The van der Waals surface area contributed by atoms with Gasteiger partial charge in [0.25, 0.3) is 5.91 Å². The number of piperazine rings is 1. The number of carbonyl (C=O) groups is 1. The number of halogens is 1. The molecule has 0 aliphatic carbocycles. The molecule has 0 unspecified atom stereocenters. The van der Waals surface area contributed by atoms with E-state index in [1.54, 1.807) is 24.3 Å². The minimum atomic E-state index is 0.0828. The average Bonchev–Trinajstić information content (AvgIpc) is 2.56. The molecule has 0 aromatic heterocycles. The van der Waals surface area contributed by atoms with Gasteiger partial charge in [0.05, 0.1) is 0 Å². The fraction of sp³-hybridized carbons (Fsp3) is 0.235. The molecule has 1 heterocycles. The fourth-order valence-corrected chi connectivity index (χ4v) is 2.71. The standard InChI is InChI=1S/C17H17ClN2O/c18-15-8-6-14(7-9-15)17(21)20-12-10-19(11-13-20)16-4-2-1-3-5-16/h1-9H,10-13H2. The normalized spacial score (nSPS) is 15.1. The zero-order valence-electron chi connectivity index (χ0n) is 11.7. The molecule has 2 aromatic carbocycles. The number of benzene rings is 2. The van der Waals surface area contributed by atoms with Crippen LogP contribution in [0.2, 0.25) is 5.02 Å². The lowest BCUT2D eigenvalue weighted by Crippen LogP contribution is -2.48. The number of amides is 1. The van der Waals surface area contributed by atoms with E-state index in [2.05, 4.69) is 17.0 Å². The first-order valence-corrected chi connectivity index (χ1v) is 7.47. The van der Waals surface area contributed by atoms with Crippen molar-refractivity contribution in [1.29, 1.82) is 0 Å². The number of anilines is 1. The van der Waals surface area contributed by atoms with Gasteiger partial charge in [-0.3, -0.25) is 4.79 Å². The average molecular weight is 301 g/mol. The fourth-order valence-electron chi connectivity index (χ4n) is 2.58. The lowest BCUT2D eigenvalue weighted by atomic mass is 10.1. The molecular formula is C17H17ClN2O. The molecule has 108 valence electrons. The van der Waals surface area contributed by atoms with Crippen molar-refractivity contribution in [3.05, 3.63) is 65.2 Å². The van der Waals surface area contributed by atoms with Gasteiger partial charge in [-0.2, -0.15) is 0 Å². The molecule has 1 fully saturated rings. The Hall–Kier alpha value is -2.00. The van der Waals surface area contributed by atoms with Crippen LogP contribution in [0, 0.1) is 0 Å². The second-order valence-corrected chi connectivity index (χ2v) is 5.56. The minimum Gasteiger partial charge on any atom is -0.368 e. The molecule has 21 heavy (non-hydrogen) atoms. The second kappa shape index (κ2) is 6.19. The maximum atomic E-state index is 12.4. The van der Waals surface area contributed by atoms with Gasteiger partial charge in [0.1, 0.15) is 0 Å². The van der Waals surface area contributed by atoms with E-state index >= 15 is 0 Å². The molecule has 1 aliphatic rings. The lowest BCUT2D eigenvalue weighted by molar-refractivity contribution is 0.0747. The summed E-state index contributed by atoms with van der Waals surface area (Å²) < 4.78 is 0. The summed E-state index contributed by atoms with van der Waals surface area (Å²) in [6.45, 7) is 3.22. The van der Waals surface area contributed by atoms with E-state index in [1.165, 1.54) is 5.69 Å². The molecule has 1 amide bonds. The summed E-state index contributed by atoms with van der Waals surface area (Å²) in [7, 11) is 0. The van der Waals surface area contributed by atoms with E-state index in [9.17, 15) is 4.79 Å². The molecule has 1 saturated heterocycles. The Morgan fingerprint density at radius 1 is 0.857 bits per heavy atom. The Morgan fingerprint density at radius 2 is 1.48 bits per heavy atom. The first kappa shape index (κ1) is 14.0. The van der Waals surface area contributed by atoms with E-state index < -0.39 is 0 Å². The van der Waals surface area contributed by atoms with Gasteiger partial charge in [-0.25, -0.2) is 0 Å². The van der Waals surface area contributed by atoms with Crippen LogP contribution >= 0.6 is 11.6 Å². The van der Waals surface area contributed by atoms with E-state index in [0.29, 0.717) is 10.6 Å². The largest absolute Gasteiger partial charge is 0.368 e. The van der Waals surface area contributed by atoms with Crippen molar-refractivity contribution < 1.29 is 4.79 Å². The Kier molecular flexibility index (Phi) is 4.11. The zero-order chi connectivity index (χ0) is 14.7. The molecule has 0 saturated carbocycles. The minimum absolute atomic E-state index is 0.0828. The highest BCUT2D eigenvalue weighted by Crippen LogP contribution is 2.17. The van der Waals surface area contributed by atoms with Crippen LogP contribution in [0.1, 0.15) is 10.4 Å². The molecule has 4 heteroatoms. The maximum absolute atomic E-state index is 12.4. The predicted octanol–water partition coefficient (Wildman–Crippen LogP) is 3.30. The highest BCUT2D eigenvalue weighted by molar-refractivity contribution is 6.30. The van der Waals surface area contributed by atoms with E-state index in [-0.39, 0.29) is 5.91 Å². The summed E-state index contributed by atoms with van der Waals surface area (Å²) in [6, 6.07) is 17.4. The molecule has 0 spiro atoms. The van der Waals surface area contributed by atoms with Crippen LogP contribution in [0.5, 0.6) is 0 Å². The Labute approximate surface area is 129 Å². The van der Waals surface area contributed by atoms with E-state index in [0.717, 1.165) is 26.2 Å². The number of nitrogens with zero attached hydrogens (tertiary/aromatic N) is 2. The first-order chi connectivity index (χ1) is 10.2. The third-order valence-electron chi connectivity index (χ3n) is 3.78. The van der Waals surface area contributed by atoms with Crippen molar-refractivity contribution >= 4 is 23.2 Å². The molecule has 0 N–H and O–H groups in total. The molecule has 2 aromatic rings. The molecule has 0 radical (unpaired) electrons. The van der Waals surface area contributed by atoms with Crippen molar-refractivity contribution in [1.82, 2.24) is 4.90 Å². The van der Waals surface area contributed by atoms with Gasteiger partial charge in [-0.1, -0.05) is 29.8 Å². The highest BCUT2D eigenvalue weighted by Gasteiger charge is 2.22. The Morgan fingerprint density at radius 3 is 2.10 bits per heavy atom. The third-order valence-corrected chi connectivity index (χ3v) is 4.03. The van der Waals surface area contributed by atoms with Crippen LogP contribution < -0.4 is 4.90 Å². The van der Waals surface area contributed by atoms with Crippen LogP contribution in [-0.2, 0) is 0 Å². The van der Waals surface area contributed by atoms with Crippen LogP contribution in [0.25, 0.3) is 0 Å². The monoisotopic (exact) mass is 300 g/mol. The van der Waals surface area contributed by atoms with Crippen LogP contribution in [0.4, 0.5) is 5.69 Å². The van der Waals surface area contributed by atoms with E-state index in [1.807, 2.05) is 23.1 Å². The second-order valence-electron chi connectivity index (χ2n) is 5.12. The highest BCUT2D eigenvalue weighted by atomic mass is 35.5. The number of hydrogen-bond donors (Lipinski definition) is 0. The number of para-hydroxylation sites is 1. The van der Waals surface area contributed by atoms with Gasteiger partial charge < -0.3 is 9.80 Å². The van der Waals surface area contributed by atoms with E-state index in [4.69, 9.17) is 11.6 Å². The molecule has 0 atom stereocenters. The Bertz CT molecular complexity index is 604. The lowest BCUT2D eigenvalue weighted by Gasteiger charge is -2.36. The van der Waals surface area contributed by atoms with Crippen LogP contribution in [0.15, 0.2) is 54.6 Å². The quantitative estimate of drug-likeness (QED) is 0.849. The Balaban J connectivity index is 1.63. The number of hydrogen-bond acceptors (Lipinski definition) is 2. The summed E-state index contributed by atoms with van der Waals surface area (Å²) in [5.74, 6) is 0.0828. The molecule has 0 bridgehead atoms. The summed E-state index contributed by atoms with van der Waals surface area (Å²) in [5.41, 5.74) is 1.92. The van der Waals surface area contributed by atoms with Crippen LogP contribution in [-0.4, -0.2) is 37.0 Å². The van der Waals surface area contributed by atoms with Gasteiger partial charge >= 0.3 is 0 Å². The SMILES string of the molecule is O=C(c1ccc(Cl)cc1)N1CCN(c2ccccc2)CC1. The third kappa shape index (κ3) is 3.19. The zero-order valence-corrected chi connectivity index (χ0v) is 12.5. The van der Waals surface area contributed by atoms with Crippen molar-refractivity contribution in [2.45, 2.75) is 0 Å². The molecular weight excluding hydrogens is 284 g/mol. The topological polar surface area (TPSA) is 23.6 Å². The van der Waals surface area contributed by atoms with Gasteiger partial charge in [0.15, 0.2) is 0 Å². The van der Waals surface area contributed by atoms with Gasteiger partial charge in [0, 0.05) is 42.5 Å². The van der Waals surface area contributed by atoms with Crippen molar-refractivity contribution in [3.8, 4) is 0 Å². The van der Waals surface area contributed by atoms with Gasteiger partial charge in [0.2, 0.25) is 0 Å². The van der Waals surface area contributed by atoms with Crippen molar-refractivity contribution in [2.75, 3.05) is 31.1 Å². The van der Waals surface area contributed by atoms with Crippen molar-refractivity contribution in [3.63, 3.8) is 0 Å². The number of carbonyl (C=O) groups excluding carboxylic acids is 1. The summed E-state index contributed by atoms with van der Waals surface area (Å²) >= 11 is 5.86. The maximum Gasteiger partial charge on any atom is 0.253 e. The smallest absolute Gasteiger partial charge is 0.253 e. The summed E-state index contributed by atoms with van der Waals surface area (Å²) in [5, 5.41) is 0.653. The summed E-state index contributed by atoms with van der Waals surface area (Å²) in [4.78, 5) is 16.6. The van der Waals surface area contributed by atoms with Gasteiger partial charge in [-0.05, 0) is 36.4 Å². The summed E-state index contributed by atoms with van der Waals surface area (Å²) in [6.07, 6.45) is 0. The predicted molar refractivity (Wildman–Crippen MR) is 86.0 cm³/mol. The van der Waals surface area contributed by atoms with Crippen LogP contribution in [0.3, 0.4) is 0 Å². The van der Waals surface area contributed by atoms with Gasteiger partial charge in [-0.15, -0.1) is 0 Å². The van der Waals surface area contributed by atoms with Crippen molar-refractivity contribution in [2.24, 2.45) is 0 Å².